The Labute approximate surface area is 114 Å². The Bertz CT molecular complexity index is 330. The minimum absolute atomic E-state index is 0.0705. The summed E-state index contributed by atoms with van der Waals surface area (Å²) in [6.45, 7) is 6.64. The first-order valence-electron chi connectivity index (χ1n) is 6.54. The van der Waals surface area contributed by atoms with Crippen LogP contribution in [0.15, 0.2) is 0 Å². The monoisotopic (exact) mass is 272 g/mol. The van der Waals surface area contributed by atoms with Crippen molar-refractivity contribution in [3.05, 3.63) is 0 Å². The second-order valence-corrected chi connectivity index (χ2v) is 5.86. The zero-order valence-corrected chi connectivity index (χ0v) is 12.1. The molecule has 0 bridgehead atoms. The van der Waals surface area contributed by atoms with E-state index in [4.69, 9.17) is 15.2 Å². The smallest absolute Gasteiger partial charge is 0.410 e. The third-order valence-corrected chi connectivity index (χ3v) is 3.15. The third-order valence-electron chi connectivity index (χ3n) is 3.15. The van der Waals surface area contributed by atoms with E-state index >= 15 is 0 Å². The summed E-state index contributed by atoms with van der Waals surface area (Å²) in [5.41, 5.74) is 4.80. The zero-order chi connectivity index (χ0) is 14.6. The number of nitrogens with two attached hydrogens (primary N) is 1. The van der Waals surface area contributed by atoms with Gasteiger partial charge in [0, 0.05) is 20.2 Å². The molecule has 1 atom stereocenters. The topological polar surface area (TPSA) is 81.9 Å². The molecule has 1 aliphatic rings. The molecule has 19 heavy (non-hydrogen) atoms. The second-order valence-electron chi connectivity index (χ2n) is 5.86. The lowest BCUT2D eigenvalue weighted by atomic mass is 9.91. The largest absolute Gasteiger partial charge is 0.444 e. The molecule has 1 heterocycles. The number of piperidine rings is 1. The molecule has 0 saturated carbocycles. The van der Waals surface area contributed by atoms with E-state index in [1.54, 1.807) is 4.90 Å². The molecule has 6 heteroatoms. The summed E-state index contributed by atoms with van der Waals surface area (Å²) >= 11 is 0. The molecule has 1 rings (SSSR count). The summed E-state index contributed by atoms with van der Waals surface area (Å²) in [6, 6.07) is 0. The fourth-order valence-electron chi connectivity index (χ4n) is 2.25. The Hall–Kier alpha value is -1.30. The van der Waals surface area contributed by atoms with Gasteiger partial charge in [-0.2, -0.15) is 0 Å². The fraction of sp³-hybridized carbons (Fsp3) is 0.846. The van der Waals surface area contributed by atoms with Crippen molar-refractivity contribution < 1.29 is 19.1 Å². The maximum Gasteiger partial charge on any atom is 0.410 e. The number of hydrogen-bond donors (Lipinski definition) is 1. The predicted molar refractivity (Wildman–Crippen MR) is 70.5 cm³/mol. The average molecular weight is 272 g/mol. The normalized spacial score (nSPS) is 19.1. The van der Waals surface area contributed by atoms with Crippen molar-refractivity contribution in [2.24, 2.45) is 11.7 Å². The molecule has 0 spiro atoms. The SMILES string of the molecule is COC(C(N)=O)C1CCN(C(=O)OC(C)(C)C)CC1. The Morgan fingerprint density at radius 1 is 1.26 bits per heavy atom. The Balaban J connectivity index is 2.49. The van der Waals surface area contributed by atoms with Crippen LogP contribution >= 0.6 is 0 Å². The van der Waals surface area contributed by atoms with Gasteiger partial charge in [-0.25, -0.2) is 4.79 Å². The van der Waals surface area contributed by atoms with Crippen molar-refractivity contribution in [3.63, 3.8) is 0 Å². The molecule has 1 unspecified atom stereocenters. The van der Waals surface area contributed by atoms with Crippen LogP contribution in [-0.2, 0) is 14.3 Å². The van der Waals surface area contributed by atoms with Gasteiger partial charge in [0.05, 0.1) is 0 Å². The van der Waals surface area contributed by atoms with Crippen LogP contribution in [0, 0.1) is 5.92 Å². The van der Waals surface area contributed by atoms with Crippen LogP contribution in [0.2, 0.25) is 0 Å². The first-order chi connectivity index (χ1) is 8.74. The Morgan fingerprint density at radius 3 is 2.16 bits per heavy atom. The molecule has 0 aliphatic carbocycles. The van der Waals surface area contributed by atoms with Crippen LogP contribution in [0.5, 0.6) is 0 Å². The first kappa shape index (κ1) is 15.8. The van der Waals surface area contributed by atoms with Crippen LogP contribution in [0.25, 0.3) is 0 Å². The number of methoxy groups -OCH3 is 1. The quantitative estimate of drug-likeness (QED) is 0.835. The molecular formula is C13H24N2O4. The van der Waals surface area contributed by atoms with E-state index in [1.165, 1.54) is 7.11 Å². The van der Waals surface area contributed by atoms with Crippen molar-refractivity contribution in [2.75, 3.05) is 20.2 Å². The van der Waals surface area contributed by atoms with E-state index in [1.807, 2.05) is 20.8 Å². The number of hydrogen-bond acceptors (Lipinski definition) is 4. The molecule has 1 aliphatic heterocycles. The Morgan fingerprint density at radius 2 is 1.79 bits per heavy atom. The minimum atomic E-state index is -0.569. The van der Waals surface area contributed by atoms with Crippen LogP contribution in [0.4, 0.5) is 4.79 Å². The summed E-state index contributed by atoms with van der Waals surface area (Å²) in [6.07, 6.45) is 0.515. The molecule has 0 aromatic rings. The summed E-state index contributed by atoms with van der Waals surface area (Å²) in [5.74, 6) is -0.376. The summed E-state index contributed by atoms with van der Waals surface area (Å²) in [7, 11) is 1.48. The highest BCUT2D eigenvalue weighted by Gasteiger charge is 2.32. The van der Waals surface area contributed by atoms with Crippen LogP contribution < -0.4 is 5.73 Å². The minimum Gasteiger partial charge on any atom is -0.444 e. The summed E-state index contributed by atoms with van der Waals surface area (Å²) in [5, 5.41) is 0. The highest BCUT2D eigenvalue weighted by Crippen LogP contribution is 2.23. The maximum absolute atomic E-state index is 11.9. The second kappa shape index (κ2) is 6.23. The number of amides is 2. The van der Waals surface area contributed by atoms with Gasteiger partial charge >= 0.3 is 6.09 Å². The van der Waals surface area contributed by atoms with Gasteiger partial charge in [0.15, 0.2) is 0 Å². The molecule has 6 nitrogen and oxygen atoms in total. The van der Waals surface area contributed by atoms with Crippen LogP contribution in [-0.4, -0.2) is 48.8 Å². The third kappa shape index (κ3) is 4.70. The number of likely N-dealkylation sites (tertiary alicyclic amines) is 1. The van der Waals surface area contributed by atoms with Crippen LogP contribution in [0.1, 0.15) is 33.6 Å². The molecule has 1 saturated heterocycles. The lowest BCUT2D eigenvalue weighted by molar-refractivity contribution is -0.131. The standard InChI is InChI=1S/C13H24N2O4/c1-13(2,3)19-12(17)15-7-5-9(6-8-15)10(18-4)11(14)16/h9-10H,5-8H2,1-4H3,(H2,14,16). The number of nitrogens with zero attached hydrogens (tertiary/aromatic N) is 1. The van der Waals surface area contributed by atoms with E-state index in [-0.39, 0.29) is 12.0 Å². The van der Waals surface area contributed by atoms with Gasteiger partial charge in [0.25, 0.3) is 0 Å². The van der Waals surface area contributed by atoms with Gasteiger partial charge < -0.3 is 20.1 Å². The van der Waals surface area contributed by atoms with Crippen molar-refractivity contribution in [3.8, 4) is 0 Å². The summed E-state index contributed by atoms with van der Waals surface area (Å²) < 4.78 is 10.4. The predicted octanol–water partition coefficient (Wildman–Crippen LogP) is 1.13. The van der Waals surface area contributed by atoms with Crippen molar-refractivity contribution >= 4 is 12.0 Å². The number of primary amides is 1. The van der Waals surface area contributed by atoms with Crippen LogP contribution in [0.3, 0.4) is 0 Å². The van der Waals surface area contributed by atoms with E-state index in [0.29, 0.717) is 25.9 Å². The average Bonchev–Trinajstić information content (AvgIpc) is 2.28. The van der Waals surface area contributed by atoms with Gasteiger partial charge in [0.2, 0.25) is 5.91 Å². The highest BCUT2D eigenvalue weighted by atomic mass is 16.6. The number of carbonyl (C=O) groups is 2. The highest BCUT2D eigenvalue weighted by molar-refractivity contribution is 5.79. The van der Waals surface area contributed by atoms with E-state index < -0.39 is 17.6 Å². The van der Waals surface area contributed by atoms with E-state index in [0.717, 1.165) is 0 Å². The first-order valence-corrected chi connectivity index (χ1v) is 6.54. The molecule has 2 amide bonds. The molecule has 110 valence electrons. The van der Waals surface area contributed by atoms with Crippen molar-refractivity contribution in [2.45, 2.75) is 45.3 Å². The molecule has 0 aromatic carbocycles. The number of carbonyl (C=O) groups excluding carboxylic acids is 2. The zero-order valence-electron chi connectivity index (χ0n) is 12.1. The molecule has 1 fully saturated rings. The summed E-state index contributed by atoms with van der Waals surface area (Å²) in [4.78, 5) is 24.8. The van der Waals surface area contributed by atoms with E-state index in [2.05, 4.69) is 0 Å². The molecule has 0 aromatic heterocycles. The number of rotatable bonds is 3. The van der Waals surface area contributed by atoms with Gasteiger partial charge in [-0.1, -0.05) is 0 Å². The van der Waals surface area contributed by atoms with Gasteiger partial charge in [-0.05, 0) is 39.5 Å². The Kier molecular flexibility index (Phi) is 5.17. The number of ether oxygens (including phenoxy) is 2. The molecular weight excluding hydrogens is 248 g/mol. The maximum atomic E-state index is 11.9. The van der Waals surface area contributed by atoms with Gasteiger partial charge in [-0.3, -0.25) is 4.79 Å². The van der Waals surface area contributed by atoms with E-state index in [9.17, 15) is 9.59 Å². The fourth-order valence-corrected chi connectivity index (χ4v) is 2.25. The van der Waals surface area contributed by atoms with Gasteiger partial charge in [0.1, 0.15) is 11.7 Å². The molecule has 2 N–H and O–H groups in total. The lowest BCUT2D eigenvalue weighted by Crippen LogP contribution is -2.46. The van der Waals surface area contributed by atoms with Gasteiger partial charge in [-0.15, -0.1) is 0 Å². The molecule has 0 radical (unpaired) electrons. The lowest BCUT2D eigenvalue weighted by Gasteiger charge is -2.35. The van der Waals surface area contributed by atoms with Crippen molar-refractivity contribution in [1.29, 1.82) is 0 Å². The van der Waals surface area contributed by atoms with Crippen molar-refractivity contribution in [1.82, 2.24) is 4.90 Å².